The third-order valence-electron chi connectivity index (χ3n) is 1.37. The summed E-state index contributed by atoms with van der Waals surface area (Å²) < 4.78 is 0. The van der Waals surface area contributed by atoms with Gasteiger partial charge >= 0.3 is 0 Å². The molecule has 0 aliphatic carbocycles. The molecule has 3 N–H and O–H groups in total. The molecule has 0 saturated heterocycles. The molecule has 0 saturated carbocycles. The van der Waals surface area contributed by atoms with E-state index in [1.807, 2.05) is 0 Å². The molecule has 0 aliphatic rings. The molecule has 0 spiro atoms. The number of pyridine rings is 1. The first kappa shape index (κ1) is 8.52. The maximum absolute atomic E-state index is 10.5. The summed E-state index contributed by atoms with van der Waals surface area (Å²) in [7, 11) is 0. The Kier molecular flexibility index (Phi) is 2.63. The number of rotatable bonds is 2. The molecule has 0 aromatic carbocycles. The fraction of sp³-hybridized carbons (Fsp3) is 0.250. The van der Waals surface area contributed by atoms with Crippen LogP contribution in [0.1, 0.15) is 12.6 Å². The third-order valence-corrected chi connectivity index (χ3v) is 1.37. The molecular formula is C8H11N3O. The van der Waals surface area contributed by atoms with Crippen molar-refractivity contribution >= 4 is 11.6 Å². The molecule has 0 atom stereocenters. The minimum atomic E-state index is -0.0615. The summed E-state index contributed by atoms with van der Waals surface area (Å²) in [6.45, 7) is 1.92. The molecule has 4 nitrogen and oxygen atoms in total. The van der Waals surface area contributed by atoms with E-state index in [0.29, 0.717) is 12.2 Å². The Bertz CT molecular complexity index is 268. The van der Waals surface area contributed by atoms with E-state index in [-0.39, 0.29) is 5.91 Å². The summed E-state index contributed by atoms with van der Waals surface area (Å²) in [5, 5.41) is 2.64. The number of anilines is 1. The molecule has 0 aliphatic heterocycles. The molecule has 4 heteroatoms. The third kappa shape index (κ3) is 2.57. The minimum Gasteiger partial charge on any atom is -0.397 e. The van der Waals surface area contributed by atoms with Crippen LogP contribution in [0.2, 0.25) is 0 Å². The fourth-order valence-electron chi connectivity index (χ4n) is 0.756. The van der Waals surface area contributed by atoms with Crippen molar-refractivity contribution in [2.75, 3.05) is 5.73 Å². The Balaban J connectivity index is 2.53. The van der Waals surface area contributed by atoms with Crippen LogP contribution in [0, 0.1) is 0 Å². The second-order valence-corrected chi connectivity index (χ2v) is 2.49. The van der Waals surface area contributed by atoms with Crippen molar-refractivity contribution in [3.63, 3.8) is 0 Å². The number of hydrogen-bond donors (Lipinski definition) is 2. The van der Waals surface area contributed by atoms with Gasteiger partial charge in [-0.1, -0.05) is 0 Å². The number of hydrogen-bond acceptors (Lipinski definition) is 3. The molecule has 1 aromatic heterocycles. The number of carbonyl (C=O) groups is 1. The number of aromatic nitrogens is 1. The number of nitrogens with two attached hydrogens (primary N) is 1. The van der Waals surface area contributed by atoms with Gasteiger partial charge in [0.2, 0.25) is 5.91 Å². The Labute approximate surface area is 70.8 Å². The van der Waals surface area contributed by atoms with Crippen LogP contribution in [-0.2, 0) is 11.3 Å². The van der Waals surface area contributed by atoms with Gasteiger partial charge in [0.1, 0.15) is 0 Å². The molecular weight excluding hydrogens is 154 g/mol. The molecule has 1 amide bonds. The highest BCUT2D eigenvalue weighted by molar-refractivity contribution is 5.72. The van der Waals surface area contributed by atoms with E-state index in [1.54, 1.807) is 18.3 Å². The number of amides is 1. The average Bonchev–Trinajstić information content (AvgIpc) is 2.03. The van der Waals surface area contributed by atoms with Crippen LogP contribution in [0.3, 0.4) is 0 Å². The largest absolute Gasteiger partial charge is 0.397 e. The van der Waals surface area contributed by atoms with Gasteiger partial charge in [0, 0.05) is 6.92 Å². The summed E-state index contributed by atoms with van der Waals surface area (Å²) in [5.41, 5.74) is 6.86. The average molecular weight is 165 g/mol. The fourth-order valence-corrected chi connectivity index (χ4v) is 0.756. The lowest BCUT2D eigenvalue weighted by Crippen LogP contribution is -2.19. The second-order valence-electron chi connectivity index (χ2n) is 2.49. The van der Waals surface area contributed by atoms with Crippen LogP contribution < -0.4 is 11.1 Å². The summed E-state index contributed by atoms with van der Waals surface area (Å²) >= 11 is 0. The number of carbonyl (C=O) groups excluding carboxylic acids is 1. The van der Waals surface area contributed by atoms with E-state index in [4.69, 9.17) is 5.73 Å². The first-order valence-electron chi connectivity index (χ1n) is 3.63. The predicted octanol–water partition coefficient (Wildman–Crippen LogP) is 0.300. The zero-order chi connectivity index (χ0) is 8.97. The van der Waals surface area contributed by atoms with Gasteiger partial charge in [-0.15, -0.1) is 0 Å². The molecule has 0 unspecified atom stereocenters. The molecule has 12 heavy (non-hydrogen) atoms. The van der Waals surface area contributed by atoms with Crippen LogP contribution >= 0.6 is 0 Å². The molecule has 0 radical (unpaired) electrons. The van der Waals surface area contributed by atoms with Crippen molar-refractivity contribution in [2.45, 2.75) is 13.5 Å². The molecule has 1 heterocycles. The van der Waals surface area contributed by atoms with Crippen LogP contribution in [-0.4, -0.2) is 10.9 Å². The molecule has 1 aromatic rings. The smallest absolute Gasteiger partial charge is 0.217 e. The standard InChI is InChI=1S/C8H11N3O/c1-6(12)10-5-8-3-2-7(9)4-11-8/h2-4H,5,9H2,1H3,(H,10,12). The van der Waals surface area contributed by atoms with Crippen LogP contribution in [0.25, 0.3) is 0 Å². The van der Waals surface area contributed by atoms with Crippen molar-refractivity contribution in [3.05, 3.63) is 24.0 Å². The summed E-state index contributed by atoms with van der Waals surface area (Å²) in [5.74, 6) is -0.0615. The molecule has 1 rings (SSSR count). The highest BCUT2D eigenvalue weighted by atomic mass is 16.1. The van der Waals surface area contributed by atoms with Crippen molar-refractivity contribution in [3.8, 4) is 0 Å². The Morgan fingerprint density at radius 3 is 2.92 bits per heavy atom. The number of nitrogens with one attached hydrogen (secondary N) is 1. The van der Waals surface area contributed by atoms with E-state index >= 15 is 0 Å². The quantitative estimate of drug-likeness (QED) is 0.662. The minimum absolute atomic E-state index is 0.0615. The second kappa shape index (κ2) is 3.71. The highest BCUT2D eigenvalue weighted by Gasteiger charge is 1.94. The van der Waals surface area contributed by atoms with Crippen molar-refractivity contribution in [2.24, 2.45) is 0 Å². The van der Waals surface area contributed by atoms with Gasteiger partial charge in [0.05, 0.1) is 24.1 Å². The molecule has 64 valence electrons. The van der Waals surface area contributed by atoms with Gasteiger partial charge in [0.15, 0.2) is 0 Å². The zero-order valence-electron chi connectivity index (χ0n) is 6.87. The Hall–Kier alpha value is -1.58. The van der Waals surface area contributed by atoms with E-state index < -0.39 is 0 Å². The van der Waals surface area contributed by atoms with Crippen molar-refractivity contribution in [1.29, 1.82) is 0 Å². The lowest BCUT2D eigenvalue weighted by atomic mass is 10.3. The molecule has 0 bridgehead atoms. The SMILES string of the molecule is CC(=O)NCc1ccc(N)cn1. The Morgan fingerprint density at radius 1 is 1.67 bits per heavy atom. The normalized spacial score (nSPS) is 9.42. The van der Waals surface area contributed by atoms with Gasteiger partial charge in [0.25, 0.3) is 0 Å². The van der Waals surface area contributed by atoms with Crippen LogP contribution in [0.15, 0.2) is 18.3 Å². The first-order chi connectivity index (χ1) is 5.68. The number of nitrogens with zero attached hydrogens (tertiary/aromatic N) is 1. The van der Waals surface area contributed by atoms with Gasteiger partial charge in [-0.2, -0.15) is 0 Å². The monoisotopic (exact) mass is 165 g/mol. The lowest BCUT2D eigenvalue weighted by Gasteiger charge is -2.00. The van der Waals surface area contributed by atoms with Gasteiger partial charge < -0.3 is 11.1 Å². The lowest BCUT2D eigenvalue weighted by molar-refractivity contribution is -0.119. The van der Waals surface area contributed by atoms with E-state index in [9.17, 15) is 4.79 Å². The van der Waals surface area contributed by atoms with Crippen molar-refractivity contribution in [1.82, 2.24) is 10.3 Å². The van der Waals surface area contributed by atoms with E-state index in [0.717, 1.165) is 5.69 Å². The van der Waals surface area contributed by atoms with Crippen molar-refractivity contribution < 1.29 is 4.79 Å². The van der Waals surface area contributed by atoms with Crippen LogP contribution in [0.4, 0.5) is 5.69 Å². The maximum atomic E-state index is 10.5. The maximum Gasteiger partial charge on any atom is 0.217 e. The Morgan fingerprint density at radius 2 is 2.42 bits per heavy atom. The van der Waals surface area contributed by atoms with Gasteiger partial charge in [-0.25, -0.2) is 0 Å². The summed E-state index contributed by atoms with van der Waals surface area (Å²) in [4.78, 5) is 14.5. The van der Waals surface area contributed by atoms with E-state index in [1.165, 1.54) is 6.92 Å². The zero-order valence-corrected chi connectivity index (χ0v) is 6.87. The molecule has 0 fully saturated rings. The highest BCUT2D eigenvalue weighted by Crippen LogP contribution is 1.99. The van der Waals surface area contributed by atoms with Crippen LogP contribution in [0.5, 0.6) is 0 Å². The van der Waals surface area contributed by atoms with Gasteiger partial charge in [-0.05, 0) is 12.1 Å². The van der Waals surface area contributed by atoms with Gasteiger partial charge in [-0.3, -0.25) is 9.78 Å². The van der Waals surface area contributed by atoms with E-state index in [2.05, 4.69) is 10.3 Å². The summed E-state index contributed by atoms with van der Waals surface area (Å²) in [6, 6.07) is 3.54. The first-order valence-corrected chi connectivity index (χ1v) is 3.63. The number of nitrogen functional groups attached to an aromatic ring is 1. The topological polar surface area (TPSA) is 68.0 Å². The summed E-state index contributed by atoms with van der Waals surface area (Å²) in [6.07, 6.45) is 1.57. The predicted molar refractivity (Wildman–Crippen MR) is 46.2 cm³/mol.